The minimum atomic E-state index is -0.939. The average Bonchev–Trinajstić information content (AvgIpc) is 3.10. The maximum Gasteiger partial charge on any atom is 0.343 e. The van der Waals surface area contributed by atoms with Gasteiger partial charge in [-0.1, -0.05) is 53.7 Å². The van der Waals surface area contributed by atoms with Crippen LogP contribution < -0.4 is 4.90 Å². The van der Waals surface area contributed by atoms with E-state index in [1.54, 1.807) is 4.90 Å². The summed E-state index contributed by atoms with van der Waals surface area (Å²) in [7, 11) is 0. The molecule has 2 aliphatic rings. The van der Waals surface area contributed by atoms with Crippen molar-refractivity contribution < 1.29 is 14.3 Å². The van der Waals surface area contributed by atoms with E-state index in [1.807, 2.05) is 55.5 Å². The van der Waals surface area contributed by atoms with Crippen LogP contribution in [-0.4, -0.2) is 16.7 Å². The Hall–Kier alpha value is -2.27. The lowest BCUT2D eigenvalue weighted by Crippen LogP contribution is -2.47. The van der Waals surface area contributed by atoms with Gasteiger partial charge in [0.05, 0.1) is 5.69 Å². The molecule has 0 saturated carbocycles. The van der Waals surface area contributed by atoms with Gasteiger partial charge in [0.2, 0.25) is 5.91 Å². The van der Waals surface area contributed by atoms with Gasteiger partial charge in [0, 0.05) is 17.7 Å². The third-order valence-electron chi connectivity index (χ3n) is 4.48. The Morgan fingerprint density at radius 3 is 2.75 bits per heavy atom. The van der Waals surface area contributed by atoms with Crippen LogP contribution in [0.2, 0.25) is 0 Å². The topological polar surface area (TPSA) is 46.6 Å². The lowest BCUT2D eigenvalue weighted by molar-refractivity contribution is -0.148. The molecule has 0 bridgehead atoms. The number of thioether (sulfide) groups is 1. The number of anilines is 1. The van der Waals surface area contributed by atoms with Crippen LogP contribution in [0, 0.1) is 6.92 Å². The molecular weight excluding hydrogens is 322 g/mol. The number of carbonyl (C=O) groups excluding carboxylic acids is 2. The number of amides is 1. The highest BCUT2D eigenvalue weighted by molar-refractivity contribution is 8.02. The summed E-state index contributed by atoms with van der Waals surface area (Å²) in [4.78, 5) is 26.9. The fraction of sp³-hybridized carbons (Fsp3) is 0.263. The van der Waals surface area contributed by atoms with Crippen LogP contribution in [0.4, 0.5) is 5.69 Å². The minimum Gasteiger partial charge on any atom is -0.458 e. The lowest BCUT2D eigenvalue weighted by atomic mass is 10.1. The van der Waals surface area contributed by atoms with E-state index in [0.29, 0.717) is 12.8 Å². The van der Waals surface area contributed by atoms with Crippen LogP contribution in [0.15, 0.2) is 53.4 Å². The molecule has 2 aliphatic heterocycles. The SMILES string of the molecule is Cc1ccc(COC(=O)[C@]23CCC(=O)N2c2ccccc2S3)cc1. The number of hydrogen-bond donors (Lipinski definition) is 0. The molecule has 2 heterocycles. The highest BCUT2D eigenvalue weighted by atomic mass is 32.2. The maximum atomic E-state index is 12.9. The van der Waals surface area contributed by atoms with E-state index in [4.69, 9.17) is 4.74 Å². The van der Waals surface area contributed by atoms with Crippen LogP contribution in [0.5, 0.6) is 0 Å². The standard InChI is InChI=1S/C19H17NO3S/c1-13-6-8-14(9-7-13)12-23-18(22)19-11-10-17(21)20(19)15-4-2-3-5-16(15)24-19/h2-9H,10-12H2,1H3/t19-/m1/s1. The van der Waals surface area contributed by atoms with Crippen molar-refractivity contribution in [2.75, 3.05) is 4.90 Å². The van der Waals surface area contributed by atoms with Gasteiger partial charge in [0.15, 0.2) is 4.87 Å². The Balaban J connectivity index is 1.57. The normalized spacial score (nSPS) is 21.5. The molecule has 0 aromatic heterocycles. The van der Waals surface area contributed by atoms with Crippen LogP contribution in [0.3, 0.4) is 0 Å². The van der Waals surface area contributed by atoms with Gasteiger partial charge in [-0.05, 0) is 24.6 Å². The summed E-state index contributed by atoms with van der Waals surface area (Å²) in [5.41, 5.74) is 2.93. The Morgan fingerprint density at radius 2 is 1.96 bits per heavy atom. The van der Waals surface area contributed by atoms with E-state index in [9.17, 15) is 9.59 Å². The molecule has 1 amide bonds. The minimum absolute atomic E-state index is 0.0141. The molecule has 0 N–H and O–H groups in total. The zero-order valence-electron chi connectivity index (χ0n) is 13.3. The lowest BCUT2D eigenvalue weighted by Gasteiger charge is -2.28. The molecule has 0 unspecified atom stereocenters. The van der Waals surface area contributed by atoms with Crippen LogP contribution in [-0.2, 0) is 20.9 Å². The predicted octanol–water partition coefficient (Wildman–Crippen LogP) is 3.67. The number of benzene rings is 2. The molecule has 122 valence electrons. The Labute approximate surface area is 144 Å². The molecule has 1 saturated heterocycles. The summed E-state index contributed by atoms with van der Waals surface area (Å²) in [5.74, 6) is -0.352. The first-order valence-electron chi connectivity index (χ1n) is 7.94. The van der Waals surface area contributed by atoms with E-state index in [-0.39, 0.29) is 18.5 Å². The Morgan fingerprint density at radius 1 is 1.21 bits per heavy atom. The van der Waals surface area contributed by atoms with E-state index >= 15 is 0 Å². The van der Waals surface area contributed by atoms with Gasteiger partial charge in [-0.25, -0.2) is 4.79 Å². The predicted molar refractivity (Wildman–Crippen MR) is 92.7 cm³/mol. The van der Waals surface area contributed by atoms with E-state index in [0.717, 1.165) is 21.7 Å². The van der Waals surface area contributed by atoms with Gasteiger partial charge in [-0.2, -0.15) is 0 Å². The fourth-order valence-electron chi connectivity index (χ4n) is 3.22. The zero-order valence-corrected chi connectivity index (χ0v) is 14.1. The van der Waals surface area contributed by atoms with Gasteiger partial charge < -0.3 is 4.74 Å². The molecule has 1 fully saturated rings. The fourth-order valence-corrected chi connectivity index (χ4v) is 4.63. The van der Waals surface area contributed by atoms with Crippen molar-refractivity contribution in [2.24, 2.45) is 0 Å². The average molecular weight is 339 g/mol. The second kappa shape index (κ2) is 5.67. The summed E-state index contributed by atoms with van der Waals surface area (Å²) in [5, 5.41) is 0. The summed E-state index contributed by atoms with van der Waals surface area (Å²) >= 11 is 1.43. The quantitative estimate of drug-likeness (QED) is 0.801. The van der Waals surface area contributed by atoms with Crippen molar-refractivity contribution in [3.8, 4) is 0 Å². The molecule has 1 atom stereocenters. The van der Waals surface area contributed by atoms with E-state index < -0.39 is 4.87 Å². The molecule has 24 heavy (non-hydrogen) atoms. The molecule has 0 spiro atoms. The first-order chi connectivity index (χ1) is 11.6. The third-order valence-corrected chi connectivity index (χ3v) is 5.94. The molecule has 2 aromatic rings. The smallest absolute Gasteiger partial charge is 0.343 e. The summed E-state index contributed by atoms with van der Waals surface area (Å²) in [6, 6.07) is 15.5. The molecule has 4 rings (SSSR count). The maximum absolute atomic E-state index is 12.9. The van der Waals surface area contributed by atoms with Gasteiger partial charge in [0.1, 0.15) is 6.61 Å². The molecule has 0 aliphatic carbocycles. The molecule has 4 nitrogen and oxygen atoms in total. The zero-order chi connectivity index (χ0) is 16.7. The number of ether oxygens (including phenoxy) is 1. The number of nitrogens with zero attached hydrogens (tertiary/aromatic N) is 1. The van der Waals surface area contributed by atoms with Crippen molar-refractivity contribution in [2.45, 2.75) is 36.1 Å². The van der Waals surface area contributed by atoms with E-state index in [2.05, 4.69) is 0 Å². The molecule has 0 radical (unpaired) electrons. The largest absolute Gasteiger partial charge is 0.458 e. The van der Waals surface area contributed by atoms with Crippen molar-refractivity contribution in [1.29, 1.82) is 0 Å². The van der Waals surface area contributed by atoms with Gasteiger partial charge >= 0.3 is 5.97 Å². The molecule has 2 aromatic carbocycles. The second-order valence-corrected chi connectivity index (χ2v) is 7.46. The highest BCUT2D eigenvalue weighted by Gasteiger charge is 2.58. The van der Waals surface area contributed by atoms with Gasteiger partial charge in [-0.3, -0.25) is 9.69 Å². The number of fused-ring (bicyclic) bond motifs is 3. The van der Waals surface area contributed by atoms with Crippen molar-refractivity contribution in [1.82, 2.24) is 0 Å². The third kappa shape index (κ3) is 2.31. The van der Waals surface area contributed by atoms with E-state index in [1.165, 1.54) is 11.8 Å². The van der Waals surface area contributed by atoms with Crippen LogP contribution >= 0.6 is 11.8 Å². The molecule has 5 heteroatoms. The Kier molecular flexibility index (Phi) is 3.61. The van der Waals surface area contributed by atoms with Crippen molar-refractivity contribution >= 4 is 29.3 Å². The number of hydrogen-bond acceptors (Lipinski definition) is 4. The number of rotatable bonds is 3. The second-order valence-electron chi connectivity index (χ2n) is 6.15. The van der Waals surface area contributed by atoms with Crippen LogP contribution in [0.25, 0.3) is 0 Å². The first-order valence-corrected chi connectivity index (χ1v) is 8.76. The first kappa shape index (κ1) is 15.3. The number of para-hydroxylation sites is 1. The summed E-state index contributed by atoms with van der Waals surface area (Å²) < 4.78 is 5.58. The highest BCUT2D eigenvalue weighted by Crippen LogP contribution is 2.56. The van der Waals surface area contributed by atoms with Gasteiger partial charge in [-0.15, -0.1) is 0 Å². The summed E-state index contributed by atoms with van der Waals surface area (Å²) in [6.45, 7) is 2.24. The number of carbonyl (C=O) groups is 2. The monoisotopic (exact) mass is 339 g/mol. The number of esters is 1. The van der Waals surface area contributed by atoms with Crippen molar-refractivity contribution in [3.63, 3.8) is 0 Å². The molecular formula is C19H17NO3S. The van der Waals surface area contributed by atoms with Gasteiger partial charge in [0.25, 0.3) is 0 Å². The Bertz CT molecular complexity index is 818. The summed E-state index contributed by atoms with van der Waals surface area (Å²) in [6.07, 6.45) is 0.860. The van der Waals surface area contributed by atoms with Crippen LogP contribution in [0.1, 0.15) is 24.0 Å². The van der Waals surface area contributed by atoms with Crippen molar-refractivity contribution in [3.05, 3.63) is 59.7 Å². The number of aryl methyl sites for hydroxylation is 1.